The summed E-state index contributed by atoms with van der Waals surface area (Å²) in [5.74, 6) is 2.68. The van der Waals surface area contributed by atoms with Gasteiger partial charge in [0.05, 0.1) is 0 Å². The molecule has 3 heteroatoms. The molecule has 0 aromatic carbocycles. The molecule has 0 amide bonds. The van der Waals surface area contributed by atoms with Crippen LogP contribution in [0.4, 0.5) is 5.95 Å². The monoisotopic (exact) mass is 151 g/mol. The molecule has 1 aromatic heterocycles. The number of hydrogen-bond acceptors (Lipinski definition) is 2. The fourth-order valence-corrected chi connectivity index (χ4v) is 1.27. The summed E-state index contributed by atoms with van der Waals surface area (Å²) >= 11 is 0. The number of hydrogen-bond donors (Lipinski definition) is 2. The van der Waals surface area contributed by atoms with Gasteiger partial charge in [0, 0.05) is 18.9 Å². The molecule has 0 spiro atoms. The highest BCUT2D eigenvalue weighted by atomic mass is 15.1. The lowest BCUT2D eigenvalue weighted by Gasteiger charge is -1.99. The van der Waals surface area contributed by atoms with Gasteiger partial charge in [-0.1, -0.05) is 6.92 Å². The first-order chi connectivity index (χ1) is 5.36. The molecule has 60 valence electrons. The maximum Gasteiger partial charge on any atom is 0.200 e. The lowest BCUT2D eigenvalue weighted by Crippen LogP contribution is -2.05. The van der Waals surface area contributed by atoms with Crippen LogP contribution in [0.25, 0.3) is 0 Å². The minimum atomic E-state index is 0.875. The van der Waals surface area contributed by atoms with Crippen LogP contribution in [0.5, 0.6) is 0 Å². The van der Waals surface area contributed by atoms with Crippen LogP contribution >= 0.6 is 0 Å². The third-order valence-electron chi connectivity index (χ3n) is 2.31. The lowest BCUT2D eigenvalue weighted by atomic mass is 10.3. The van der Waals surface area contributed by atoms with Crippen LogP contribution in [-0.2, 0) is 0 Å². The summed E-state index contributed by atoms with van der Waals surface area (Å²) in [5.41, 5.74) is 0. The van der Waals surface area contributed by atoms with Crippen molar-refractivity contribution in [3.8, 4) is 0 Å². The van der Waals surface area contributed by atoms with E-state index in [0.717, 1.165) is 24.3 Å². The number of nitrogens with zero attached hydrogens (tertiary/aromatic N) is 1. The molecule has 2 rings (SSSR count). The Bertz CT molecular complexity index is 217. The Morgan fingerprint density at radius 1 is 1.82 bits per heavy atom. The van der Waals surface area contributed by atoms with Gasteiger partial charge in [0.15, 0.2) is 5.95 Å². The average Bonchev–Trinajstić information content (AvgIpc) is 2.55. The molecule has 1 aliphatic rings. The van der Waals surface area contributed by atoms with Crippen LogP contribution in [0.3, 0.4) is 0 Å². The Morgan fingerprint density at radius 2 is 2.64 bits per heavy atom. The molecule has 1 fully saturated rings. The Morgan fingerprint density at radius 3 is 3.18 bits per heavy atom. The molecular weight excluding hydrogens is 138 g/mol. The number of anilines is 1. The van der Waals surface area contributed by atoms with Gasteiger partial charge in [-0.25, -0.2) is 4.98 Å². The van der Waals surface area contributed by atoms with Gasteiger partial charge in [-0.3, -0.25) is 0 Å². The van der Waals surface area contributed by atoms with E-state index in [4.69, 9.17) is 0 Å². The number of rotatable bonds is 3. The summed E-state index contributed by atoms with van der Waals surface area (Å²) in [6, 6.07) is 0. The van der Waals surface area contributed by atoms with Crippen LogP contribution in [0, 0.1) is 11.8 Å². The second kappa shape index (κ2) is 2.57. The number of aromatic amines is 1. The molecule has 2 atom stereocenters. The number of imidazole rings is 1. The molecule has 0 aliphatic heterocycles. The fraction of sp³-hybridized carbons (Fsp3) is 0.625. The highest BCUT2D eigenvalue weighted by Gasteiger charge is 2.31. The Kier molecular flexibility index (Phi) is 1.56. The van der Waals surface area contributed by atoms with Crippen LogP contribution < -0.4 is 5.32 Å². The standard InChI is InChI=1S/C8H13N3/c1-6-4-7(6)5-11-8-9-2-3-10-8/h2-3,6-7H,4-5H2,1H3,(H2,9,10,11). The van der Waals surface area contributed by atoms with Crippen molar-refractivity contribution in [3.63, 3.8) is 0 Å². The predicted molar refractivity (Wildman–Crippen MR) is 44.3 cm³/mol. The number of H-pyrrole nitrogens is 1. The van der Waals surface area contributed by atoms with Crippen LogP contribution in [-0.4, -0.2) is 16.5 Å². The highest BCUT2D eigenvalue weighted by Crippen LogP contribution is 2.37. The fourth-order valence-electron chi connectivity index (χ4n) is 1.27. The van der Waals surface area contributed by atoms with E-state index >= 15 is 0 Å². The first-order valence-corrected chi connectivity index (χ1v) is 4.09. The summed E-state index contributed by atoms with van der Waals surface area (Å²) in [4.78, 5) is 7.09. The maximum absolute atomic E-state index is 4.07. The number of aromatic nitrogens is 2. The van der Waals surface area contributed by atoms with Gasteiger partial charge in [-0.05, 0) is 18.3 Å². The smallest absolute Gasteiger partial charge is 0.200 e. The maximum atomic E-state index is 4.07. The predicted octanol–water partition coefficient (Wildman–Crippen LogP) is 1.48. The molecular formula is C8H13N3. The Hall–Kier alpha value is -0.990. The third-order valence-corrected chi connectivity index (χ3v) is 2.31. The summed E-state index contributed by atoms with van der Waals surface area (Å²) in [5, 5.41) is 3.25. The summed E-state index contributed by atoms with van der Waals surface area (Å²) < 4.78 is 0. The van der Waals surface area contributed by atoms with E-state index in [1.807, 2.05) is 6.20 Å². The van der Waals surface area contributed by atoms with E-state index in [9.17, 15) is 0 Å². The van der Waals surface area contributed by atoms with Crippen molar-refractivity contribution < 1.29 is 0 Å². The van der Waals surface area contributed by atoms with Crippen molar-refractivity contribution in [1.82, 2.24) is 9.97 Å². The van der Waals surface area contributed by atoms with Crippen LogP contribution in [0.15, 0.2) is 12.4 Å². The van der Waals surface area contributed by atoms with Gasteiger partial charge in [-0.2, -0.15) is 0 Å². The normalized spacial score (nSPS) is 28.5. The number of nitrogens with one attached hydrogen (secondary N) is 2. The molecule has 11 heavy (non-hydrogen) atoms. The van der Waals surface area contributed by atoms with Crippen LogP contribution in [0.1, 0.15) is 13.3 Å². The SMILES string of the molecule is CC1CC1CNc1ncc[nH]1. The Balaban J connectivity index is 1.75. The van der Waals surface area contributed by atoms with Crippen molar-refractivity contribution >= 4 is 5.95 Å². The summed E-state index contributed by atoms with van der Waals surface area (Å²) in [6.45, 7) is 3.35. The molecule has 0 saturated heterocycles. The van der Waals surface area contributed by atoms with E-state index < -0.39 is 0 Å². The minimum absolute atomic E-state index is 0.875. The molecule has 3 nitrogen and oxygen atoms in total. The third kappa shape index (κ3) is 1.53. The van der Waals surface area contributed by atoms with Gasteiger partial charge in [0.1, 0.15) is 0 Å². The van der Waals surface area contributed by atoms with Crippen molar-refractivity contribution in [1.29, 1.82) is 0 Å². The van der Waals surface area contributed by atoms with Crippen molar-refractivity contribution in [2.45, 2.75) is 13.3 Å². The molecule has 0 radical (unpaired) electrons. The average molecular weight is 151 g/mol. The zero-order valence-electron chi connectivity index (χ0n) is 6.67. The molecule has 0 bridgehead atoms. The molecule has 1 aromatic rings. The molecule has 2 unspecified atom stereocenters. The Labute approximate surface area is 66.2 Å². The van der Waals surface area contributed by atoms with E-state index in [2.05, 4.69) is 22.2 Å². The second-order valence-corrected chi connectivity index (χ2v) is 3.29. The van der Waals surface area contributed by atoms with E-state index in [0.29, 0.717) is 0 Å². The molecule has 1 saturated carbocycles. The van der Waals surface area contributed by atoms with Crippen molar-refractivity contribution in [2.75, 3.05) is 11.9 Å². The van der Waals surface area contributed by atoms with Gasteiger partial charge in [-0.15, -0.1) is 0 Å². The first-order valence-electron chi connectivity index (χ1n) is 4.09. The zero-order chi connectivity index (χ0) is 7.68. The summed E-state index contributed by atoms with van der Waals surface area (Å²) in [6.07, 6.45) is 4.96. The van der Waals surface area contributed by atoms with Gasteiger partial charge < -0.3 is 10.3 Å². The van der Waals surface area contributed by atoms with E-state index in [1.54, 1.807) is 6.20 Å². The van der Waals surface area contributed by atoms with Crippen molar-refractivity contribution in [3.05, 3.63) is 12.4 Å². The zero-order valence-corrected chi connectivity index (χ0v) is 6.67. The lowest BCUT2D eigenvalue weighted by molar-refractivity contribution is 0.782. The van der Waals surface area contributed by atoms with Gasteiger partial charge in [0.2, 0.25) is 0 Å². The summed E-state index contributed by atoms with van der Waals surface area (Å²) in [7, 11) is 0. The quantitative estimate of drug-likeness (QED) is 0.687. The van der Waals surface area contributed by atoms with Crippen molar-refractivity contribution in [2.24, 2.45) is 11.8 Å². The molecule has 1 heterocycles. The first kappa shape index (κ1) is 6.70. The van der Waals surface area contributed by atoms with Crippen LogP contribution in [0.2, 0.25) is 0 Å². The highest BCUT2D eigenvalue weighted by molar-refractivity contribution is 5.23. The van der Waals surface area contributed by atoms with E-state index in [-0.39, 0.29) is 0 Å². The molecule has 1 aliphatic carbocycles. The van der Waals surface area contributed by atoms with Gasteiger partial charge >= 0.3 is 0 Å². The topological polar surface area (TPSA) is 40.7 Å². The molecule has 2 N–H and O–H groups in total. The largest absolute Gasteiger partial charge is 0.356 e. The van der Waals surface area contributed by atoms with Gasteiger partial charge in [0.25, 0.3) is 0 Å². The minimum Gasteiger partial charge on any atom is -0.356 e. The second-order valence-electron chi connectivity index (χ2n) is 3.29. The van der Waals surface area contributed by atoms with E-state index in [1.165, 1.54) is 6.42 Å².